The molecule has 0 spiro atoms. The van der Waals surface area contributed by atoms with Crippen molar-refractivity contribution in [3.05, 3.63) is 29.8 Å². The van der Waals surface area contributed by atoms with Gasteiger partial charge in [0.2, 0.25) is 0 Å². The summed E-state index contributed by atoms with van der Waals surface area (Å²) in [5.74, 6) is 0. The second kappa shape index (κ2) is 3.27. The van der Waals surface area contributed by atoms with Gasteiger partial charge in [-0.15, -0.1) is 0 Å². The minimum absolute atomic E-state index is 0.840. The molecular weight excluding hydrogens is 170 g/mol. The van der Waals surface area contributed by atoms with E-state index in [1.807, 2.05) is 31.2 Å². The third-order valence-electron chi connectivity index (χ3n) is 1.85. The molecule has 0 unspecified atom stereocenters. The molecule has 0 fully saturated rings. The van der Waals surface area contributed by atoms with Crippen molar-refractivity contribution in [3.63, 3.8) is 0 Å². The Morgan fingerprint density at radius 2 is 1.92 bits per heavy atom. The highest BCUT2D eigenvalue weighted by Crippen LogP contribution is 2.15. The SMILES string of the molecule is CN=[S@@](C)(=O)c1ccccc1C. The fraction of sp³-hybridized carbons (Fsp3) is 0.333. The van der Waals surface area contributed by atoms with Gasteiger partial charge in [-0.3, -0.25) is 0 Å². The first kappa shape index (κ1) is 9.26. The normalized spacial score (nSPS) is 15.2. The van der Waals surface area contributed by atoms with Crippen molar-refractivity contribution >= 4 is 9.73 Å². The Bertz CT molecular complexity index is 389. The molecule has 0 aliphatic carbocycles. The summed E-state index contributed by atoms with van der Waals surface area (Å²) < 4.78 is 15.7. The lowest BCUT2D eigenvalue weighted by atomic mass is 10.2. The molecule has 2 nitrogen and oxygen atoms in total. The quantitative estimate of drug-likeness (QED) is 0.655. The zero-order valence-electron chi connectivity index (χ0n) is 7.57. The lowest BCUT2D eigenvalue weighted by Crippen LogP contribution is -1.99. The molecule has 0 aromatic heterocycles. The Labute approximate surface area is 73.8 Å². The average Bonchev–Trinajstić information content (AvgIpc) is 2.05. The Balaban J connectivity index is 3.40. The summed E-state index contributed by atoms with van der Waals surface area (Å²) in [6.07, 6.45) is 1.66. The summed E-state index contributed by atoms with van der Waals surface area (Å²) in [5, 5.41) is 0. The molecule has 0 aliphatic heterocycles. The highest BCUT2D eigenvalue weighted by atomic mass is 32.2. The van der Waals surface area contributed by atoms with E-state index >= 15 is 0 Å². The maximum absolute atomic E-state index is 11.8. The Hall–Kier alpha value is -0.830. The van der Waals surface area contributed by atoms with Gasteiger partial charge in [-0.05, 0) is 18.6 Å². The standard InChI is InChI=1S/C9H13NOS/c1-8-6-4-5-7-9(8)12(3,11)10-2/h4-7H,1-3H3/t12-/m0/s1. The Morgan fingerprint density at radius 1 is 1.33 bits per heavy atom. The number of nitrogens with zero attached hydrogens (tertiary/aromatic N) is 1. The minimum atomic E-state index is -2.15. The topological polar surface area (TPSA) is 29.4 Å². The van der Waals surface area contributed by atoms with Crippen molar-refractivity contribution in [1.29, 1.82) is 0 Å². The average molecular weight is 183 g/mol. The number of hydrogen-bond acceptors (Lipinski definition) is 2. The summed E-state index contributed by atoms with van der Waals surface area (Å²) in [6, 6.07) is 7.63. The van der Waals surface area contributed by atoms with Gasteiger partial charge >= 0.3 is 0 Å². The molecule has 1 aromatic carbocycles. The second-order valence-corrected chi connectivity index (χ2v) is 5.16. The van der Waals surface area contributed by atoms with Gasteiger partial charge in [0, 0.05) is 13.3 Å². The molecule has 0 radical (unpaired) electrons. The molecule has 12 heavy (non-hydrogen) atoms. The molecule has 0 heterocycles. The van der Waals surface area contributed by atoms with Gasteiger partial charge in [-0.1, -0.05) is 18.2 Å². The van der Waals surface area contributed by atoms with Gasteiger partial charge in [0.15, 0.2) is 0 Å². The van der Waals surface area contributed by atoms with Crippen LogP contribution in [0.4, 0.5) is 0 Å². The van der Waals surface area contributed by atoms with Gasteiger partial charge in [0.25, 0.3) is 0 Å². The van der Waals surface area contributed by atoms with Crippen LogP contribution in [0.2, 0.25) is 0 Å². The zero-order valence-corrected chi connectivity index (χ0v) is 8.39. The summed E-state index contributed by atoms with van der Waals surface area (Å²) in [5.41, 5.74) is 1.04. The zero-order chi connectivity index (χ0) is 9.19. The number of hydrogen-bond donors (Lipinski definition) is 0. The maximum atomic E-state index is 11.8. The van der Waals surface area contributed by atoms with Gasteiger partial charge in [-0.2, -0.15) is 0 Å². The van der Waals surface area contributed by atoms with Gasteiger partial charge in [0.1, 0.15) is 0 Å². The van der Waals surface area contributed by atoms with Crippen LogP contribution in [0.3, 0.4) is 0 Å². The first-order valence-electron chi connectivity index (χ1n) is 3.74. The van der Waals surface area contributed by atoms with E-state index in [0.29, 0.717) is 0 Å². The van der Waals surface area contributed by atoms with E-state index < -0.39 is 9.73 Å². The van der Waals surface area contributed by atoms with Crippen molar-refractivity contribution in [3.8, 4) is 0 Å². The summed E-state index contributed by atoms with van der Waals surface area (Å²) >= 11 is 0. The molecule has 66 valence electrons. The van der Waals surface area contributed by atoms with Crippen LogP contribution in [0.25, 0.3) is 0 Å². The highest BCUT2D eigenvalue weighted by molar-refractivity contribution is 7.93. The van der Waals surface area contributed by atoms with Crippen LogP contribution >= 0.6 is 0 Å². The fourth-order valence-electron chi connectivity index (χ4n) is 1.08. The van der Waals surface area contributed by atoms with E-state index in [4.69, 9.17) is 0 Å². The third-order valence-corrected chi connectivity index (χ3v) is 3.82. The molecule has 1 rings (SSSR count). The molecule has 1 atom stereocenters. The first-order chi connectivity index (χ1) is 5.58. The van der Waals surface area contributed by atoms with E-state index in [0.717, 1.165) is 10.5 Å². The molecule has 0 amide bonds. The summed E-state index contributed by atoms with van der Waals surface area (Å²) in [7, 11) is -0.562. The van der Waals surface area contributed by atoms with Crippen molar-refractivity contribution in [2.75, 3.05) is 13.3 Å². The number of benzene rings is 1. The molecular formula is C9H13NOS. The Kier molecular flexibility index (Phi) is 2.52. The van der Waals surface area contributed by atoms with Gasteiger partial charge in [0.05, 0.1) is 14.6 Å². The second-order valence-electron chi connectivity index (χ2n) is 2.75. The molecule has 1 aromatic rings. The van der Waals surface area contributed by atoms with E-state index in [2.05, 4.69) is 4.36 Å². The molecule has 0 aliphatic rings. The van der Waals surface area contributed by atoms with Gasteiger partial charge < -0.3 is 0 Å². The third kappa shape index (κ3) is 1.67. The van der Waals surface area contributed by atoms with Crippen LogP contribution in [0.1, 0.15) is 5.56 Å². The van der Waals surface area contributed by atoms with Crippen LogP contribution in [-0.2, 0) is 9.73 Å². The number of rotatable bonds is 1. The Morgan fingerprint density at radius 3 is 2.42 bits per heavy atom. The summed E-state index contributed by atoms with van der Waals surface area (Å²) in [6.45, 7) is 1.95. The molecule has 0 saturated carbocycles. The maximum Gasteiger partial charge on any atom is 0.0722 e. The lowest BCUT2D eigenvalue weighted by Gasteiger charge is -2.05. The van der Waals surface area contributed by atoms with Gasteiger partial charge in [-0.25, -0.2) is 8.57 Å². The minimum Gasteiger partial charge on any atom is -0.245 e. The summed E-state index contributed by atoms with van der Waals surface area (Å²) in [4.78, 5) is 0.840. The highest BCUT2D eigenvalue weighted by Gasteiger charge is 2.05. The molecule has 0 N–H and O–H groups in total. The smallest absolute Gasteiger partial charge is 0.0722 e. The lowest BCUT2D eigenvalue weighted by molar-refractivity contribution is 0.679. The van der Waals surface area contributed by atoms with Crippen LogP contribution in [0.15, 0.2) is 33.5 Å². The van der Waals surface area contributed by atoms with E-state index in [1.165, 1.54) is 0 Å². The van der Waals surface area contributed by atoms with Crippen molar-refractivity contribution < 1.29 is 4.21 Å². The molecule has 0 saturated heterocycles. The van der Waals surface area contributed by atoms with Crippen LogP contribution in [0.5, 0.6) is 0 Å². The van der Waals surface area contributed by atoms with E-state index in [9.17, 15) is 4.21 Å². The predicted molar refractivity (Wildman–Crippen MR) is 51.9 cm³/mol. The predicted octanol–water partition coefficient (Wildman–Crippen LogP) is 2.08. The van der Waals surface area contributed by atoms with Crippen LogP contribution in [0, 0.1) is 6.92 Å². The van der Waals surface area contributed by atoms with E-state index in [1.54, 1.807) is 13.3 Å². The van der Waals surface area contributed by atoms with Crippen molar-refractivity contribution in [2.45, 2.75) is 11.8 Å². The van der Waals surface area contributed by atoms with Crippen molar-refractivity contribution in [2.24, 2.45) is 4.36 Å². The van der Waals surface area contributed by atoms with Crippen molar-refractivity contribution in [1.82, 2.24) is 0 Å². The molecule has 3 heteroatoms. The first-order valence-corrected chi connectivity index (χ1v) is 5.66. The van der Waals surface area contributed by atoms with Crippen LogP contribution in [-0.4, -0.2) is 17.5 Å². The molecule has 0 bridgehead atoms. The number of aryl methyl sites for hydroxylation is 1. The fourth-order valence-corrected chi connectivity index (χ4v) is 2.27. The largest absolute Gasteiger partial charge is 0.245 e. The van der Waals surface area contributed by atoms with E-state index in [-0.39, 0.29) is 0 Å². The monoisotopic (exact) mass is 183 g/mol. The van der Waals surface area contributed by atoms with Crippen LogP contribution < -0.4 is 0 Å².